The van der Waals surface area contributed by atoms with Gasteiger partial charge in [0.15, 0.2) is 0 Å². The standard InChI is InChI=1S/C13H17N3O2S/c1-10(2)12-5-3-11(4-6-12)8-16-9-13(7-15-16)19(14,17)18/h3-7,9-10H,8H2,1-2H3,(H2,14,17,18). The lowest BCUT2D eigenvalue weighted by molar-refractivity contribution is 0.597. The molecular formula is C13H17N3O2S. The monoisotopic (exact) mass is 279 g/mol. The molecule has 0 amide bonds. The lowest BCUT2D eigenvalue weighted by Crippen LogP contribution is -2.11. The van der Waals surface area contributed by atoms with Crippen LogP contribution in [-0.4, -0.2) is 18.2 Å². The zero-order valence-electron chi connectivity index (χ0n) is 10.9. The maximum Gasteiger partial charge on any atom is 0.241 e. The van der Waals surface area contributed by atoms with Gasteiger partial charge in [0.2, 0.25) is 10.0 Å². The van der Waals surface area contributed by atoms with Crippen LogP contribution in [0.4, 0.5) is 0 Å². The average Bonchev–Trinajstić information content (AvgIpc) is 2.78. The number of hydrogen-bond acceptors (Lipinski definition) is 3. The number of sulfonamides is 1. The summed E-state index contributed by atoms with van der Waals surface area (Å²) in [5.41, 5.74) is 2.34. The van der Waals surface area contributed by atoms with Gasteiger partial charge in [-0.05, 0) is 17.0 Å². The van der Waals surface area contributed by atoms with E-state index in [4.69, 9.17) is 5.14 Å². The minimum atomic E-state index is -3.68. The Kier molecular flexibility index (Phi) is 3.73. The van der Waals surface area contributed by atoms with E-state index in [1.807, 2.05) is 12.1 Å². The van der Waals surface area contributed by atoms with Crippen molar-refractivity contribution in [1.82, 2.24) is 9.78 Å². The molecular weight excluding hydrogens is 262 g/mol. The minimum absolute atomic E-state index is 0.0336. The molecule has 19 heavy (non-hydrogen) atoms. The van der Waals surface area contributed by atoms with Crippen LogP contribution < -0.4 is 5.14 Å². The van der Waals surface area contributed by atoms with Crippen LogP contribution in [0.3, 0.4) is 0 Å². The highest BCUT2D eigenvalue weighted by Crippen LogP contribution is 2.15. The van der Waals surface area contributed by atoms with E-state index in [1.165, 1.54) is 18.0 Å². The summed E-state index contributed by atoms with van der Waals surface area (Å²) in [4.78, 5) is 0.0336. The zero-order valence-corrected chi connectivity index (χ0v) is 11.8. The van der Waals surface area contributed by atoms with E-state index in [-0.39, 0.29) is 4.90 Å². The number of aromatic nitrogens is 2. The lowest BCUT2D eigenvalue weighted by Gasteiger charge is -2.07. The molecule has 0 saturated carbocycles. The van der Waals surface area contributed by atoms with Crippen molar-refractivity contribution in [2.24, 2.45) is 5.14 Å². The maximum atomic E-state index is 11.1. The molecule has 6 heteroatoms. The van der Waals surface area contributed by atoms with Gasteiger partial charge >= 0.3 is 0 Å². The van der Waals surface area contributed by atoms with Crippen molar-refractivity contribution in [2.45, 2.75) is 31.2 Å². The van der Waals surface area contributed by atoms with Crippen molar-refractivity contribution in [3.8, 4) is 0 Å². The summed E-state index contributed by atoms with van der Waals surface area (Å²) in [6.45, 7) is 4.80. The Balaban J connectivity index is 2.15. The first-order valence-corrected chi connectivity index (χ1v) is 7.55. The Hall–Kier alpha value is -1.66. The van der Waals surface area contributed by atoms with Crippen molar-refractivity contribution < 1.29 is 8.42 Å². The van der Waals surface area contributed by atoms with Crippen LogP contribution in [0.2, 0.25) is 0 Å². The summed E-state index contributed by atoms with van der Waals surface area (Å²) in [6, 6.07) is 8.19. The molecule has 0 bridgehead atoms. The molecule has 0 atom stereocenters. The van der Waals surface area contributed by atoms with E-state index in [0.29, 0.717) is 12.5 Å². The Morgan fingerprint density at radius 2 is 1.89 bits per heavy atom. The fraction of sp³-hybridized carbons (Fsp3) is 0.308. The molecule has 0 saturated heterocycles. The molecule has 0 unspecified atom stereocenters. The molecule has 0 fully saturated rings. The third-order valence-electron chi connectivity index (χ3n) is 2.93. The predicted molar refractivity (Wildman–Crippen MR) is 73.2 cm³/mol. The third kappa shape index (κ3) is 3.42. The Morgan fingerprint density at radius 3 is 2.37 bits per heavy atom. The van der Waals surface area contributed by atoms with Crippen LogP contribution in [0, 0.1) is 0 Å². The third-order valence-corrected chi connectivity index (χ3v) is 3.80. The van der Waals surface area contributed by atoms with Gasteiger partial charge in [-0.3, -0.25) is 4.68 Å². The second-order valence-corrected chi connectivity index (χ2v) is 6.38. The van der Waals surface area contributed by atoms with E-state index in [2.05, 4.69) is 31.1 Å². The summed E-state index contributed by atoms with van der Waals surface area (Å²) >= 11 is 0. The van der Waals surface area contributed by atoms with E-state index >= 15 is 0 Å². The highest BCUT2D eigenvalue weighted by Gasteiger charge is 2.10. The van der Waals surface area contributed by atoms with Gasteiger partial charge in [-0.15, -0.1) is 0 Å². The zero-order chi connectivity index (χ0) is 14.0. The number of benzene rings is 1. The first-order chi connectivity index (χ1) is 8.86. The van der Waals surface area contributed by atoms with Crippen LogP contribution in [0.1, 0.15) is 30.9 Å². The normalized spacial score (nSPS) is 12.0. The highest BCUT2D eigenvalue weighted by atomic mass is 32.2. The molecule has 2 aromatic rings. The van der Waals surface area contributed by atoms with Gasteiger partial charge in [-0.1, -0.05) is 38.1 Å². The molecule has 1 aromatic heterocycles. The number of nitrogens with two attached hydrogens (primary N) is 1. The predicted octanol–water partition coefficient (Wildman–Crippen LogP) is 1.70. The quantitative estimate of drug-likeness (QED) is 0.925. The Bertz CT molecular complexity index is 657. The molecule has 0 aliphatic rings. The topological polar surface area (TPSA) is 78.0 Å². The largest absolute Gasteiger partial charge is 0.267 e. The van der Waals surface area contributed by atoms with E-state index in [1.54, 1.807) is 4.68 Å². The molecule has 1 heterocycles. The second kappa shape index (κ2) is 5.14. The van der Waals surface area contributed by atoms with Gasteiger partial charge in [0.1, 0.15) is 4.90 Å². The summed E-state index contributed by atoms with van der Waals surface area (Å²) < 4.78 is 23.8. The molecule has 2 N–H and O–H groups in total. The van der Waals surface area contributed by atoms with Crippen molar-refractivity contribution >= 4 is 10.0 Å². The molecule has 5 nitrogen and oxygen atoms in total. The van der Waals surface area contributed by atoms with Gasteiger partial charge in [-0.25, -0.2) is 13.6 Å². The smallest absolute Gasteiger partial charge is 0.241 e. The van der Waals surface area contributed by atoms with Gasteiger partial charge in [0, 0.05) is 6.20 Å². The maximum absolute atomic E-state index is 11.1. The van der Waals surface area contributed by atoms with Crippen LogP contribution in [0.25, 0.3) is 0 Å². The summed E-state index contributed by atoms with van der Waals surface area (Å²) in [5.74, 6) is 0.493. The van der Waals surface area contributed by atoms with Crippen LogP contribution in [0.5, 0.6) is 0 Å². The van der Waals surface area contributed by atoms with Crippen molar-refractivity contribution in [2.75, 3.05) is 0 Å². The SMILES string of the molecule is CC(C)c1ccc(Cn2cc(S(N)(=O)=O)cn2)cc1. The number of rotatable bonds is 4. The van der Waals surface area contributed by atoms with E-state index < -0.39 is 10.0 Å². The van der Waals surface area contributed by atoms with Crippen molar-refractivity contribution in [3.05, 3.63) is 47.8 Å². The number of hydrogen-bond donors (Lipinski definition) is 1. The molecule has 0 aliphatic carbocycles. The summed E-state index contributed by atoms with van der Waals surface area (Å²) in [7, 11) is -3.68. The van der Waals surface area contributed by atoms with Gasteiger partial charge in [-0.2, -0.15) is 5.10 Å². The molecule has 0 radical (unpaired) electrons. The van der Waals surface area contributed by atoms with Gasteiger partial charge in [0.05, 0.1) is 12.7 Å². The molecule has 102 valence electrons. The fourth-order valence-corrected chi connectivity index (χ4v) is 2.24. The molecule has 1 aromatic carbocycles. The second-order valence-electron chi connectivity index (χ2n) is 4.81. The minimum Gasteiger partial charge on any atom is -0.267 e. The Morgan fingerprint density at radius 1 is 1.26 bits per heavy atom. The first kappa shape index (κ1) is 13.8. The van der Waals surface area contributed by atoms with Crippen molar-refractivity contribution in [3.63, 3.8) is 0 Å². The van der Waals surface area contributed by atoms with E-state index in [9.17, 15) is 8.42 Å². The molecule has 0 spiro atoms. The fourth-order valence-electron chi connectivity index (χ4n) is 1.77. The summed E-state index contributed by atoms with van der Waals surface area (Å²) in [5, 5.41) is 9.03. The number of nitrogens with zero attached hydrogens (tertiary/aromatic N) is 2. The molecule has 2 rings (SSSR count). The number of primary sulfonamides is 1. The lowest BCUT2D eigenvalue weighted by atomic mass is 10.0. The van der Waals surface area contributed by atoms with E-state index in [0.717, 1.165) is 5.56 Å². The van der Waals surface area contributed by atoms with Crippen LogP contribution in [0.15, 0.2) is 41.6 Å². The van der Waals surface area contributed by atoms with Gasteiger partial charge < -0.3 is 0 Å². The molecule has 0 aliphatic heterocycles. The van der Waals surface area contributed by atoms with Crippen LogP contribution in [-0.2, 0) is 16.6 Å². The van der Waals surface area contributed by atoms with Gasteiger partial charge in [0.25, 0.3) is 0 Å². The first-order valence-electron chi connectivity index (χ1n) is 6.00. The average molecular weight is 279 g/mol. The van der Waals surface area contributed by atoms with Crippen LogP contribution >= 0.6 is 0 Å². The Labute approximate surface area is 113 Å². The highest BCUT2D eigenvalue weighted by molar-refractivity contribution is 7.89. The summed E-state index contributed by atoms with van der Waals surface area (Å²) in [6.07, 6.45) is 2.70. The van der Waals surface area contributed by atoms with Crippen molar-refractivity contribution in [1.29, 1.82) is 0 Å².